The van der Waals surface area contributed by atoms with E-state index in [0.29, 0.717) is 22.8 Å². The van der Waals surface area contributed by atoms with E-state index in [-0.39, 0.29) is 17.0 Å². The summed E-state index contributed by atoms with van der Waals surface area (Å²) in [5.41, 5.74) is 12.5. The van der Waals surface area contributed by atoms with Crippen LogP contribution in [-0.4, -0.2) is 96.9 Å². The normalized spacial score (nSPS) is 10.8. The number of nitrogens with zero attached hydrogens (tertiary/aromatic N) is 13. The zero-order valence-electron chi connectivity index (χ0n) is 40.3. The molecule has 0 atom stereocenters. The SMILES string of the molecule is CC(C)=C(Cl)N(C)C.C[N+]1=CCc2cc(C(=O)O)cnc21.Cn1ccc2cc(-c3nc4ccc(F)nc4o3)cnc21.Nc1ccc(F)nc1F.[C-]#[N+]c1cnc2[nH]ccc2c1.[C-]#[N+]c1cnc2c(ccn2C)c1. The lowest BCUT2D eigenvalue weighted by molar-refractivity contribution is -0.400. The third-order valence-corrected chi connectivity index (χ3v) is 11.0. The van der Waals surface area contributed by atoms with Crippen molar-refractivity contribution in [2.45, 2.75) is 20.3 Å². The minimum absolute atomic E-state index is 0.142. The number of halogens is 4. The zero-order chi connectivity index (χ0) is 52.9. The highest BCUT2D eigenvalue weighted by molar-refractivity contribution is 6.29. The number of nitrogen functional groups attached to an aromatic ring is 1. The van der Waals surface area contributed by atoms with E-state index in [1.807, 2.05) is 129 Å². The van der Waals surface area contributed by atoms with Crippen LogP contribution in [0.3, 0.4) is 0 Å². The van der Waals surface area contributed by atoms with Crippen LogP contribution >= 0.6 is 11.6 Å². The molecule has 73 heavy (non-hydrogen) atoms. The maximum atomic E-state index is 13.0. The molecule has 10 aromatic rings. The van der Waals surface area contributed by atoms with E-state index in [1.54, 1.807) is 30.7 Å². The minimum atomic E-state index is -0.963. The molecule has 0 saturated heterocycles. The number of hydrogen-bond donors (Lipinski definition) is 3. The Kier molecular flexibility index (Phi) is 17.3. The maximum Gasteiger partial charge on any atom is 0.339 e. The lowest BCUT2D eigenvalue weighted by atomic mass is 10.1. The fourth-order valence-corrected chi connectivity index (χ4v) is 6.66. The Labute approximate surface area is 420 Å². The molecule has 370 valence electrons. The van der Waals surface area contributed by atoms with Crippen molar-refractivity contribution < 1.29 is 32.1 Å². The van der Waals surface area contributed by atoms with Crippen molar-refractivity contribution in [3.63, 3.8) is 0 Å². The highest BCUT2D eigenvalue weighted by atomic mass is 35.5. The van der Waals surface area contributed by atoms with Gasteiger partial charge in [-0.25, -0.2) is 34.0 Å². The number of fused-ring (bicyclic) bond motifs is 5. The van der Waals surface area contributed by atoms with E-state index in [4.69, 9.17) is 40.0 Å². The lowest BCUT2D eigenvalue weighted by Crippen LogP contribution is -2.07. The number of aryl methyl sites for hydroxylation is 2. The molecule has 0 amide bonds. The summed E-state index contributed by atoms with van der Waals surface area (Å²) in [7, 11) is 9.62. The molecule has 0 saturated carbocycles. The van der Waals surface area contributed by atoms with Crippen LogP contribution in [0.5, 0.6) is 0 Å². The van der Waals surface area contributed by atoms with Gasteiger partial charge in [-0.1, -0.05) is 11.6 Å². The number of carbonyl (C=O) groups is 1. The summed E-state index contributed by atoms with van der Waals surface area (Å²) in [4.78, 5) is 49.5. The number of allylic oxidation sites excluding steroid dienone is 1. The van der Waals surface area contributed by atoms with Crippen LogP contribution in [0.4, 0.5) is 36.1 Å². The number of oxazole rings is 1. The van der Waals surface area contributed by atoms with Crippen LogP contribution in [0.1, 0.15) is 29.8 Å². The predicted molar refractivity (Wildman–Crippen MR) is 274 cm³/mol. The molecule has 0 radical (unpaired) electrons. The van der Waals surface area contributed by atoms with Crippen molar-refractivity contribution in [3.05, 3.63) is 173 Å². The molecule has 0 aliphatic carbocycles. The van der Waals surface area contributed by atoms with Gasteiger partial charge in [-0.2, -0.15) is 23.1 Å². The first-order valence-corrected chi connectivity index (χ1v) is 22.0. The molecular formula is C51H46ClF3N15O3+. The standard InChI is InChI=1S/C14H9FN4O.C9H7N3.C9H8N2O2.C8H5N3.C6H12ClN.C5H4F2N2/c1-19-5-4-8-6-9(7-16-12(8)19)13-17-10-2-3-11(15)18-14(10)20-13;1-10-8-5-7-3-4-12(2)9(7)11-6-8;1-11-3-2-6-4-7(9(12)13)5-10-8(6)11;1-9-7-4-6-2-3-10-8(6)11-5-7;1-5(2)6(7)8(3)4;6-4-2-1-3(8)5(7)9-4/h2-7H,1H3;3-6H,2H3;3-5H,2H2,1H3;2-5H,(H,10,11);1-4H3;1-2H,8H2/p+1. The summed E-state index contributed by atoms with van der Waals surface area (Å²) in [6.07, 6.45) is 14.6. The molecule has 0 bridgehead atoms. The van der Waals surface area contributed by atoms with E-state index in [9.17, 15) is 18.0 Å². The van der Waals surface area contributed by atoms with Gasteiger partial charge in [0.05, 0.1) is 43.2 Å². The number of aromatic nitrogens is 10. The van der Waals surface area contributed by atoms with Crippen LogP contribution in [0, 0.1) is 31.0 Å². The molecule has 1 aliphatic heterocycles. The maximum absolute atomic E-state index is 13.0. The van der Waals surface area contributed by atoms with Crippen LogP contribution in [0.15, 0.2) is 125 Å². The Bertz CT molecular complexity index is 3750. The van der Waals surface area contributed by atoms with Crippen LogP contribution in [-0.2, 0) is 20.5 Å². The van der Waals surface area contributed by atoms with Gasteiger partial charge in [-0.05, 0) is 91.1 Å². The first-order valence-electron chi connectivity index (χ1n) is 21.7. The summed E-state index contributed by atoms with van der Waals surface area (Å²) < 4.78 is 48.3. The van der Waals surface area contributed by atoms with Gasteiger partial charge in [0.25, 0.3) is 0 Å². The van der Waals surface area contributed by atoms with Gasteiger partial charge >= 0.3 is 11.8 Å². The van der Waals surface area contributed by atoms with Gasteiger partial charge in [-0.3, -0.25) is 4.98 Å². The number of aromatic amines is 1. The van der Waals surface area contributed by atoms with Crippen molar-refractivity contribution in [1.82, 2.24) is 53.9 Å². The molecule has 0 spiro atoms. The summed E-state index contributed by atoms with van der Waals surface area (Å²) in [6, 6.07) is 18.0. The summed E-state index contributed by atoms with van der Waals surface area (Å²) in [5, 5.41) is 12.5. The molecule has 11 heterocycles. The second-order valence-corrected chi connectivity index (χ2v) is 16.5. The molecule has 4 N–H and O–H groups in total. The number of pyridine rings is 6. The molecule has 22 heteroatoms. The van der Waals surface area contributed by atoms with Crippen molar-refractivity contribution in [3.8, 4) is 11.5 Å². The average molecular weight is 1010 g/mol. The molecule has 11 rings (SSSR count). The van der Waals surface area contributed by atoms with Gasteiger partial charge < -0.3 is 34.3 Å². The Balaban J connectivity index is 0.000000147. The van der Waals surface area contributed by atoms with Gasteiger partial charge in [0.1, 0.15) is 33.2 Å². The van der Waals surface area contributed by atoms with Crippen molar-refractivity contribution in [2.24, 2.45) is 14.1 Å². The van der Waals surface area contributed by atoms with E-state index in [0.717, 1.165) is 79.3 Å². The van der Waals surface area contributed by atoms with Gasteiger partial charge in [0, 0.05) is 88.0 Å². The monoisotopic (exact) mass is 1010 g/mol. The summed E-state index contributed by atoms with van der Waals surface area (Å²) in [6.45, 7) is 17.5. The number of H-pyrrole nitrogens is 1. The van der Waals surface area contributed by atoms with Gasteiger partial charge in [-0.15, -0.1) is 0 Å². The number of anilines is 1. The highest BCUT2D eigenvalue weighted by Crippen LogP contribution is 2.26. The lowest BCUT2D eigenvalue weighted by Gasteiger charge is -2.11. The van der Waals surface area contributed by atoms with Crippen LogP contribution in [0.25, 0.3) is 65.5 Å². The number of rotatable bonds is 3. The Morgan fingerprint density at radius 1 is 0.822 bits per heavy atom. The van der Waals surface area contributed by atoms with Gasteiger partial charge in [0.2, 0.25) is 40.8 Å². The summed E-state index contributed by atoms with van der Waals surface area (Å²) in [5.74, 6) is -2.10. The molecule has 0 aromatic carbocycles. The Hall–Kier alpha value is -9.47. The fourth-order valence-electron chi connectivity index (χ4n) is 6.66. The van der Waals surface area contributed by atoms with E-state index in [2.05, 4.69) is 49.6 Å². The topological polar surface area (TPSA) is 207 Å². The second-order valence-electron chi connectivity index (χ2n) is 16.1. The quantitative estimate of drug-likeness (QED) is 0.0654. The van der Waals surface area contributed by atoms with Crippen molar-refractivity contribution in [2.75, 3.05) is 26.9 Å². The molecule has 18 nitrogen and oxygen atoms in total. The van der Waals surface area contributed by atoms with Crippen molar-refractivity contribution in [1.29, 1.82) is 0 Å². The zero-order valence-corrected chi connectivity index (χ0v) is 41.1. The third-order valence-electron chi connectivity index (χ3n) is 10.3. The van der Waals surface area contributed by atoms with E-state index < -0.39 is 23.8 Å². The smallest absolute Gasteiger partial charge is 0.339 e. The molecular weight excluding hydrogens is 963 g/mol. The third kappa shape index (κ3) is 13.7. The summed E-state index contributed by atoms with van der Waals surface area (Å²) >= 11 is 5.76. The molecule has 0 unspecified atom stereocenters. The minimum Gasteiger partial charge on any atom is -0.478 e. The largest absolute Gasteiger partial charge is 0.478 e. The van der Waals surface area contributed by atoms with Crippen LogP contribution in [0.2, 0.25) is 0 Å². The predicted octanol–water partition coefficient (Wildman–Crippen LogP) is 10.8. The van der Waals surface area contributed by atoms with Gasteiger partial charge in [0.15, 0.2) is 6.20 Å². The van der Waals surface area contributed by atoms with E-state index in [1.165, 1.54) is 12.3 Å². The number of nitrogens with one attached hydrogen (secondary N) is 1. The highest BCUT2D eigenvalue weighted by Gasteiger charge is 2.22. The molecule has 0 fully saturated rings. The number of aromatic carboxylic acids is 1. The number of carboxylic acids is 1. The second kappa shape index (κ2) is 23.9. The average Bonchev–Trinajstić information content (AvgIpc) is 4.25. The van der Waals surface area contributed by atoms with Crippen LogP contribution < -0.4 is 5.73 Å². The Morgan fingerprint density at radius 2 is 1.44 bits per heavy atom. The Morgan fingerprint density at radius 3 is 2.04 bits per heavy atom. The number of hydrogen-bond acceptors (Lipinski definition) is 11. The van der Waals surface area contributed by atoms with Crippen molar-refractivity contribution >= 4 is 91.0 Å². The first kappa shape index (κ1) is 52.9. The van der Waals surface area contributed by atoms with E-state index >= 15 is 0 Å². The number of carboxylic acid groups (broad SMARTS) is 1. The molecule has 1 aliphatic rings. The molecule has 10 aromatic heterocycles. The fraction of sp³-hybridized carbons (Fsp3) is 0.157. The first-order chi connectivity index (χ1) is 34.8. The number of nitrogens with two attached hydrogens (primary N) is 1.